The molecule has 0 aliphatic rings. The van der Waals surface area contributed by atoms with E-state index < -0.39 is 0 Å². The summed E-state index contributed by atoms with van der Waals surface area (Å²) >= 11 is -0.245. The molecule has 0 aromatic carbocycles. The Labute approximate surface area is 68.7 Å². The number of halogens is 1. The molecule has 0 saturated heterocycles. The summed E-state index contributed by atoms with van der Waals surface area (Å²) in [5, 5.41) is 0. The molecule has 0 bridgehead atoms. The van der Waals surface area contributed by atoms with Crippen molar-refractivity contribution in [3.63, 3.8) is 0 Å². The molecule has 0 aliphatic carbocycles. The molecule has 0 atom stereocenters. The van der Waals surface area contributed by atoms with E-state index in [-0.39, 0.29) is 20.6 Å². The third kappa shape index (κ3) is 11.2. The van der Waals surface area contributed by atoms with Crippen molar-refractivity contribution in [2.75, 3.05) is 0 Å². The van der Waals surface area contributed by atoms with E-state index in [1.807, 2.05) is 27.7 Å². The molecule has 0 amide bonds. The molecule has 0 fully saturated rings. The van der Waals surface area contributed by atoms with Crippen LogP contribution in [0.5, 0.6) is 0 Å². The maximum Gasteiger partial charge on any atom is -1.00 e. The first-order valence-electron chi connectivity index (χ1n) is 3.25. The minimum atomic E-state index is -0.245. The van der Waals surface area contributed by atoms with Gasteiger partial charge in [-0.25, -0.2) is 0 Å². The molecule has 60 valence electrons. The van der Waals surface area contributed by atoms with Crippen LogP contribution in [0, 0.1) is 0 Å². The van der Waals surface area contributed by atoms with Crippen molar-refractivity contribution in [1.29, 1.82) is 0 Å². The van der Waals surface area contributed by atoms with Crippen LogP contribution < -0.4 is 4.70 Å². The molecule has 4 heteroatoms. The minimum absolute atomic E-state index is 0. The Morgan fingerprint density at radius 1 is 0.900 bits per heavy atom. The van der Waals surface area contributed by atoms with E-state index >= 15 is 0 Å². The van der Waals surface area contributed by atoms with Crippen molar-refractivity contribution >= 4 is 15.9 Å². The first kappa shape index (κ1) is 13.0. The van der Waals surface area contributed by atoms with E-state index in [1.165, 1.54) is 0 Å². The third-order valence-electron chi connectivity index (χ3n) is 0.655. The van der Waals surface area contributed by atoms with Crippen molar-refractivity contribution in [1.82, 2.24) is 0 Å². The van der Waals surface area contributed by atoms with E-state index in [0.717, 1.165) is 0 Å². The fourth-order valence-electron chi connectivity index (χ4n) is 0.254. The van der Waals surface area contributed by atoms with Gasteiger partial charge in [-0.05, 0) is 0 Å². The Hall–Kier alpha value is 0.382. The summed E-state index contributed by atoms with van der Waals surface area (Å²) in [5.74, 6) is 0. The van der Waals surface area contributed by atoms with Gasteiger partial charge in [0.2, 0.25) is 0 Å². The molecule has 10 heavy (non-hydrogen) atoms. The summed E-state index contributed by atoms with van der Waals surface area (Å²) in [6.45, 7) is 8.04. The first-order valence-corrected chi connectivity index (χ1v) is 4.20. The number of rotatable bonds is 4. The Morgan fingerprint density at radius 2 is 1.20 bits per heavy atom. The second-order valence-corrected chi connectivity index (χ2v) is 3.20. The summed E-state index contributed by atoms with van der Waals surface area (Å²) in [4.78, 5) is 0. The zero-order chi connectivity index (χ0) is 7.28. The fourth-order valence-corrected chi connectivity index (χ4v) is 0.763. The standard InChI is InChI=1S/2C3H7O.Al.FH/c2*1-3(2)4;;/h2*3H,1-2H3;;1H/q2*-1;+3;/p-1. The van der Waals surface area contributed by atoms with Crippen LogP contribution in [0.2, 0.25) is 0 Å². The van der Waals surface area contributed by atoms with E-state index in [1.54, 1.807) is 0 Å². The molecule has 0 aliphatic heterocycles. The van der Waals surface area contributed by atoms with Crippen molar-refractivity contribution in [2.45, 2.75) is 39.9 Å². The van der Waals surface area contributed by atoms with E-state index in [9.17, 15) is 0 Å². The summed E-state index contributed by atoms with van der Waals surface area (Å²) < 4.78 is 10.4. The van der Waals surface area contributed by atoms with Crippen LogP contribution in [0.3, 0.4) is 0 Å². The van der Waals surface area contributed by atoms with Gasteiger partial charge < -0.3 is 4.70 Å². The monoisotopic (exact) mass is 164 g/mol. The average molecular weight is 164 g/mol. The summed E-state index contributed by atoms with van der Waals surface area (Å²) in [6.07, 6.45) is 0.609. The van der Waals surface area contributed by atoms with Crippen LogP contribution in [0.25, 0.3) is 0 Å². The van der Waals surface area contributed by atoms with Gasteiger partial charge in [-0.3, -0.25) is 0 Å². The largest absolute Gasteiger partial charge is 1.00 e. The smallest absolute Gasteiger partial charge is 1.00 e. The van der Waals surface area contributed by atoms with Crippen LogP contribution in [-0.2, 0) is 7.58 Å². The van der Waals surface area contributed by atoms with Gasteiger partial charge in [-0.1, -0.05) is 0 Å². The van der Waals surface area contributed by atoms with Crippen molar-refractivity contribution in [3.8, 4) is 0 Å². The summed E-state index contributed by atoms with van der Waals surface area (Å²) in [5.41, 5.74) is 0. The van der Waals surface area contributed by atoms with E-state index in [2.05, 4.69) is 0 Å². The molecular formula is C6H14AlFO2. The van der Waals surface area contributed by atoms with Crippen LogP contribution in [0.15, 0.2) is 0 Å². The zero-order valence-electron chi connectivity index (χ0n) is 6.93. The van der Waals surface area contributed by atoms with Gasteiger partial charge in [0.1, 0.15) is 0 Å². The van der Waals surface area contributed by atoms with Gasteiger partial charge in [-0.2, -0.15) is 0 Å². The van der Waals surface area contributed by atoms with Crippen molar-refractivity contribution in [2.24, 2.45) is 0 Å². The van der Waals surface area contributed by atoms with Gasteiger partial charge in [-0.15, -0.1) is 0 Å². The quantitative estimate of drug-likeness (QED) is 0.465. The summed E-state index contributed by atoms with van der Waals surface area (Å²) in [6, 6.07) is 0. The second kappa shape index (κ2) is 7.49. The number of hydrogen-bond acceptors (Lipinski definition) is 2. The molecule has 0 unspecified atom stereocenters. The first-order chi connectivity index (χ1) is 4.13. The molecule has 0 saturated carbocycles. The zero-order valence-corrected chi connectivity index (χ0v) is 8.08. The normalized spacial score (nSPS) is 9.40. The summed E-state index contributed by atoms with van der Waals surface area (Å²) in [7, 11) is 0. The Balaban J connectivity index is 0. The molecule has 0 rings (SSSR count). The number of hydrogen-bond donors (Lipinski definition) is 0. The molecule has 0 aromatic rings. The predicted molar refractivity (Wildman–Crippen MR) is 38.2 cm³/mol. The van der Waals surface area contributed by atoms with Crippen molar-refractivity contribution in [3.05, 3.63) is 0 Å². The van der Waals surface area contributed by atoms with Crippen LogP contribution in [0.1, 0.15) is 27.7 Å². The molecule has 0 radical (unpaired) electrons. The van der Waals surface area contributed by atoms with E-state index in [0.29, 0.717) is 12.2 Å². The van der Waals surface area contributed by atoms with Gasteiger partial charge in [0, 0.05) is 0 Å². The van der Waals surface area contributed by atoms with Crippen LogP contribution >= 0.6 is 0 Å². The Kier molecular flexibility index (Phi) is 9.74. The van der Waals surface area contributed by atoms with Crippen LogP contribution in [0.4, 0.5) is 0 Å². The molecule has 0 spiro atoms. The molecule has 0 N–H and O–H groups in total. The maximum atomic E-state index is 5.21. The van der Waals surface area contributed by atoms with Gasteiger partial charge >= 0.3 is 63.4 Å². The van der Waals surface area contributed by atoms with E-state index in [4.69, 9.17) is 7.58 Å². The minimum Gasteiger partial charge on any atom is -1.00 e. The van der Waals surface area contributed by atoms with Gasteiger partial charge in [0.25, 0.3) is 0 Å². The maximum absolute atomic E-state index is 5.21. The molecule has 0 heterocycles. The Morgan fingerprint density at radius 3 is 1.40 bits per heavy atom. The third-order valence-corrected chi connectivity index (χ3v) is 1.97. The van der Waals surface area contributed by atoms with Crippen LogP contribution in [-0.4, -0.2) is 28.1 Å². The molecule has 2 nitrogen and oxygen atoms in total. The van der Waals surface area contributed by atoms with Crippen molar-refractivity contribution < 1.29 is 12.3 Å². The van der Waals surface area contributed by atoms with Gasteiger partial charge in [0.05, 0.1) is 0 Å². The topological polar surface area (TPSA) is 18.5 Å². The molecular weight excluding hydrogens is 150 g/mol. The van der Waals surface area contributed by atoms with Gasteiger partial charge in [0.15, 0.2) is 0 Å². The average Bonchev–Trinajstić information content (AvgIpc) is 1.63. The Bertz CT molecular complexity index is 60.8. The fraction of sp³-hybridized carbons (Fsp3) is 1.00. The second-order valence-electron chi connectivity index (χ2n) is 2.47. The SMILES string of the molecule is CC(C)[O][Al+][O]C(C)C.[F-]. The molecule has 0 aromatic heterocycles. The predicted octanol–water partition coefficient (Wildman–Crippen LogP) is -1.63.